The Bertz CT molecular complexity index is 535. The molecule has 1 heterocycles. The molecule has 0 spiro atoms. The zero-order chi connectivity index (χ0) is 13.3. The smallest absolute Gasteiger partial charge is 0.321 e. The summed E-state index contributed by atoms with van der Waals surface area (Å²) < 4.78 is 5.34. The number of rotatable bonds is 2. The summed E-state index contributed by atoms with van der Waals surface area (Å²) in [7, 11) is 0. The molecule has 95 valence electrons. The lowest BCUT2D eigenvalue weighted by Crippen LogP contribution is -2.32. The van der Waals surface area contributed by atoms with Crippen molar-refractivity contribution < 1.29 is 9.53 Å². The summed E-state index contributed by atoms with van der Waals surface area (Å²) in [6.07, 6.45) is 0.285. The molecular formula is C17H15O2. The Kier molecular flexibility index (Phi) is 2.86. The quantitative estimate of drug-likeness (QED) is 0.766. The molecule has 1 atom stereocenters. The van der Waals surface area contributed by atoms with Crippen LogP contribution in [0.4, 0.5) is 0 Å². The largest absolute Gasteiger partial charge is 0.461 e. The van der Waals surface area contributed by atoms with Crippen LogP contribution in [0.3, 0.4) is 0 Å². The summed E-state index contributed by atoms with van der Waals surface area (Å²) in [6.45, 7) is 3.89. The molecule has 1 aliphatic heterocycles. The molecule has 0 aromatic heterocycles. The minimum atomic E-state index is -0.713. The minimum absolute atomic E-state index is 0.204. The number of carbonyl (C=O) groups is 1. The van der Waals surface area contributed by atoms with Crippen LogP contribution in [0.1, 0.15) is 17.5 Å². The first kappa shape index (κ1) is 12.0. The Labute approximate surface area is 113 Å². The SMILES string of the molecule is [CH2]C1CC(c2ccccc2)(c2ccccc2)C(=O)O1. The van der Waals surface area contributed by atoms with Gasteiger partial charge in [0, 0.05) is 6.42 Å². The maximum atomic E-state index is 12.4. The maximum absolute atomic E-state index is 12.4. The Hall–Kier alpha value is -2.09. The van der Waals surface area contributed by atoms with Crippen molar-refractivity contribution in [2.45, 2.75) is 17.9 Å². The van der Waals surface area contributed by atoms with Gasteiger partial charge in [-0.1, -0.05) is 60.7 Å². The highest BCUT2D eigenvalue weighted by Gasteiger charge is 2.50. The van der Waals surface area contributed by atoms with Gasteiger partial charge < -0.3 is 4.74 Å². The number of hydrogen-bond donors (Lipinski definition) is 0. The van der Waals surface area contributed by atoms with Crippen LogP contribution in [0.15, 0.2) is 60.7 Å². The standard InChI is InChI=1S/C17H15O2/c1-13-12-17(16(18)19-13,14-8-4-2-5-9-14)15-10-6-3-7-11-15/h2-11,13H,1,12H2. The van der Waals surface area contributed by atoms with Gasteiger partial charge in [-0.2, -0.15) is 0 Å². The first-order valence-corrected chi connectivity index (χ1v) is 6.39. The van der Waals surface area contributed by atoms with Crippen LogP contribution < -0.4 is 0 Å². The van der Waals surface area contributed by atoms with Crippen LogP contribution in [0, 0.1) is 6.92 Å². The van der Waals surface area contributed by atoms with Crippen molar-refractivity contribution in [1.29, 1.82) is 0 Å². The van der Waals surface area contributed by atoms with Crippen LogP contribution in [-0.2, 0) is 14.9 Å². The predicted molar refractivity (Wildman–Crippen MR) is 73.5 cm³/mol. The fourth-order valence-corrected chi connectivity index (χ4v) is 2.80. The maximum Gasteiger partial charge on any atom is 0.321 e. The Balaban J connectivity index is 2.20. The molecule has 1 radical (unpaired) electrons. The molecule has 1 fully saturated rings. The molecule has 19 heavy (non-hydrogen) atoms. The monoisotopic (exact) mass is 251 g/mol. The van der Waals surface area contributed by atoms with E-state index >= 15 is 0 Å². The number of cyclic esters (lactones) is 1. The van der Waals surface area contributed by atoms with E-state index in [-0.39, 0.29) is 12.1 Å². The van der Waals surface area contributed by atoms with Crippen molar-refractivity contribution in [3.63, 3.8) is 0 Å². The van der Waals surface area contributed by atoms with E-state index in [1.54, 1.807) is 0 Å². The molecule has 0 N–H and O–H groups in total. The molecule has 1 saturated heterocycles. The van der Waals surface area contributed by atoms with Gasteiger partial charge in [0.2, 0.25) is 0 Å². The van der Waals surface area contributed by atoms with E-state index in [2.05, 4.69) is 6.92 Å². The summed E-state index contributed by atoms with van der Waals surface area (Å²) in [6, 6.07) is 19.6. The Morgan fingerprint density at radius 1 is 0.947 bits per heavy atom. The molecule has 0 bridgehead atoms. The van der Waals surface area contributed by atoms with Crippen LogP contribution in [0.2, 0.25) is 0 Å². The highest BCUT2D eigenvalue weighted by molar-refractivity contribution is 5.89. The number of ether oxygens (including phenoxy) is 1. The number of benzene rings is 2. The summed E-state index contributed by atoms with van der Waals surface area (Å²) >= 11 is 0. The molecule has 1 aliphatic rings. The second-order valence-corrected chi connectivity index (χ2v) is 4.87. The van der Waals surface area contributed by atoms with Gasteiger partial charge in [0.1, 0.15) is 11.5 Å². The lowest BCUT2D eigenvalue weighted by atomic mass is 9.72. The van der Waals surface area contributed by atoms with Gasteiger partial charge in [-0.15, -0.1) is 0 Å². The van der Waals surface area contributed by atoms with Crippen molar-refractivity contribution in [2.24, 2.45) is 0 Å². The molecule has 0 saturated carbocycles. The van der Waals surface area contributed by atoms with Crippen LogP contribution in [-0.4, -0.2) is 12.1 Å². The predicted octanol–water partition coefficient (Wildman–Crippen LogP) is 3.12. The highest BCUT2D eigenvalue weighted by Crippen LogP contribution is 2.42. The van der Waals surface area contributed by atoms with Gasteiger partial charge in [-0.3, -0.25) is 4.79 Å². The van der Waals surface area contributed by atoms with Gasteiger partial charge in [-0.25, -0.2) is 0 Å². The minimum Gasteiger partial charge on any atom is -0.461 e. The van der Waals surface area contributed by atoms with Crippen LogP contribution >= 0.6 is 0 Å². The second-order valence-electron chi connectivity index (χ2n) is 4.87. The molecule has 0 aliphatic carbocycles. The lowest BCUT2D eigenvalue weighted by molar-refractivity contribution is -0.143. The van der Waals surface area contributed by atoms with E-state index in [1.807, 2.05) is 60.7 Å². The molecule has 2 aromatic rings. The topological polar surface area (TPSA) is 26.3 Å². The van der Waals surface area contributed by atoms with Gasteiger partial charge in [-0.05, 0) is 18.1 Å². The van der Waals surface area contributed by atoms with Crippen LogP contribution in [0.5, 0.6) is 0 Å². The van der Waals surface area contributed by atoms with E-state index in [0.717, 1.165) is 11.1 Å². The van der Waals surface area contributed by atoms with Gasteiger partial charge in [0.05, 0.1) is 0 Å². The van der Waals surface area contributed by atoms with E-state index in [1.165, 1.54) is 0 Å². The molecule has 0 amide bonds. The first-order valence-electron chi connectivity index (χ1n) is 6.39. The number of carbonyl (C=O) groups excluding carboxylic acids is 1. The summed E-state index contributed by atoms with van der Waals surface area (Å²) in [4.78, 5) is 12.4. The normalized spacial score (nSPS) is 21.1. The molecule has 2 heteroatoms. The Morgan fingerprint density at radius 2 is 1.42 bits per heavy atom. The molecular weight excluding hydrogens is 236 g/mol. The summed E-state index contributed by atoms with van der Waals surface area (Å²) in [5.41, 5.74) is 1.23. The van der Waals surface area contributed by atoms with E-state index < -0.39 is 5.41 Å². The molecule has 2 nitrogen and oxygen atoms in total. The van der Waals surface area contributed by atoms with Gasteiger partial charge >= 0.3 is 5.97 Å². The third-order valence-electron chi connectivity index (χ3n) is 3.69. The average Bonchev–Trinajstić information content (AvgIpc) is 2.76. The number of hydrogen-bond acceptors (Lipinski definition) is 2. The van der Waals surface area contributed by atoms with Crippen molar-refractivity contribution in [2.75, 3.05) is 0 Å². The molecule has 2 aromatic carbocycles. The lowest BCUT2D eigenvalue weighted by Gasteiger charge is -2.26. The first-order chi connectivity index (χ1) is 9.23. The van der Waals surface area contributed by atoms with Crippen LogP contribution in [0.25, 0.3) is 0 Å². The summed E-state index contributed by atoms with van der Waals surface area (Å²) in [5, 5.41) is 0. The fraction of sp³-hybridized carbons (Fsp3) is 0.176. The zero-order valence-electron chi connectivity index (χ0n) is 10.6. The van der Waals surface area contributed by atoms with E-state index in [0.29, 0.717) is 6.42 Å². The summed E-state index contributed by atoms with van der Waals surface area (Å²) in [5.74, 6) is -0.204. The highest BCUT2D eigenvalue weighted by atomic mass is 16.6. The van der Waals surface area contributed by atoms with E-state index in [9.17, 15) is 4.79 Å². The van der Waals surface area contributed by atoms with E-state index in [4.69, 9.17) is 4.74 Å². The van der Waals surface area contributed by atoms with Crippen molar-refractivity contribution in [1.82, 2.24) is 0 Å². The third-order valence-corrected chi connectivity index (χ3v) is 3.69. The molecule has 3 rings (SSSR count). The second kappa shape index (κ2) is 4.54. The number of esters is 1. The van der Waals surface area contributed by atoms with Gasteiger partial charge in [0.25, 0.3) is 0 Å². The fourth-order valence-electron chi connectivity index (χ4n) is 2.80. The molecule has 1 unspecified atom stereocenters. The van der Waals surface area contributed by atoms with Gasteiger partial charge in [0.15, 0.2) is 0 Å². The zero-order valence-corrected chi connectivity index (χ0v) is 10.6. The van der Waals surface area contributed by atoms with Crippen molar-refractivity contribution >= 4 is 5.97 Å². The average molecular weight is 251 g/mol. The third kappa shape index (κ3) is 1.84. The Morgan fingerprint density at radius 3 is 1.79 bits per heavy atom. The van der Waals surface area contributed by atoms with Crippen molar-refractivity contribution in [3.8, 4) is 0 Å². The van der Waals surface area contributed by atoms with Crippen molar-refractivity contribution in [3.05, 3.63) is 78.7 Å².